The maximum atomic E-state index is 13.0. The predicted octanol–water partition coefficient (Wildman–Crippen LogP) is 6.25. The SMILES string of the molecule is CCCC(c1cc(C)c(-n2cc(C(F)(F)F)cn2)c(C)c1)n1ncc2ccccc21. The zero-order valence-electron chi connectivity index (χ0n) is 17.1. The lowest BCUT2D eigenvalue weighted by atomic mass is 9.96. The summed E-state index contributed by atoms with van der Waals surface area (Å²) in [6.45, 7) is 5.95. The maximum Gasteiger partial charge on any atom is 0.419 e. The van der Waals surface area contributed by atoms with E-state index in [1.165, 1.54) is 4.68 Å². The molecule has 0 saturated heterocycles. The van der Waals surface area contributed by atoms with Gasteiger partial charge in [0.2, 0.25) is 0 Å². The summed E-state index contributed by atoms with van der Waals surface area (Å²) in [5.41, 5.74) is 3.83. The van der Waals surface area contributed by atoms with Gasteiger partial charge in [-0.15, -0.1) is 0 Å². The molecule has 7 heteroatoms. The summed E-state index contributed by atoms with van der Waals surface area (Å²) >= 11 is 0. The number of fused-ring (bicyclic) bond motifs is 1. The van der Waals surface area contributed by atoms with Crippen molar-refractivity contribution in [3.8, 4) is 5.69 Å². The fourth-order valence-corrected chi connectivity index (χ4v) is 4.08. The molecule has 4 rings (SSSR count). The van der Waals surface area contributed by atoms with Crippen LogP contribution in [0.4, 0.5) is 13.2 Å². The van der Waals surface area contributed by atoms with Crippen molar-refractivity contribution in [3.63, 3.8) is 0 Å². The molecule has 0 spiro atoms. The lowest BCUT2D eigenvalue weighted by Crippen LogP contribution is -2.13. The Bertz CT molecular complexity index is 1160. The average Bonchev–Trinajstić information content (AvgIpc) is 3.33. The van der Waals surface area contributed by atoms with Crippen molar-refractivity contribution in [3.05, 3.63) is 77.2 Å². The van der Waals surface area contributed by atoms with Gasteiger partial charge in [-0.1, -0.05) is 43.7 Å². The molecule has 1 unspecified atom stereocenters. The smallest absolute Gasteiger partial charge is 0.257 e. The van der Waals surface area contributed by atoms with Gasteiger partial charge in [0.1, 0.15) is 0 Å². The Hall–Kier alpha value is -3.09. The second-order valence-corrected chi connectivity index (χ2v) is 7.63. The van der Waals surface area contributed by atoms with E-state index in [2.05, 4.69) is 23.2 Å². The highest BCUT2D eigenvalue weighted by Crippen LogP contribution is 2.33. The number of hydrogen-bond acceptors (Lipinski definition) is 2. The molecule has 0 aliphatic carbocycles. The van der Waals surface area contributed by atoms with Crippen molar-refractivity contribution in [2.24, 2.45) is 0 Å². The maximum absolute atomic E-state index is 13.0. The molecule has 4 aromatic rings. The van der Waals surface area contributed by atoms with Gasteiger partial charge in [0, 0.05) is 11.6 Å². The minimum absolute atomic E-state index is 0.0460. The monoisotopic (exact) mass is 412 g/mol. The van der Waals surface area contributed by atoms with Gasteiger partial charge in [0.15, 0.2) is 0 Å². The van der Waals surface area contributed by atoms with Gasteiger partial charge >= 0.3 is 6.18 Å². The normalized spacial score (nSPS) is 13.1. The molecule has 0 saturated carbocycles. The van der Waals surface area contributed by atoms with Crippen LogP contribution in [0, 0.1) is 13.8 Å². The Morgan fingerprint density at radius 3 is 2.33 bits per heavy atom. The van der Waals surface area contributed by atoms with Crippen molar-refractivity contribution in [1.82, 2.24) is 19.6 Å². The van der Waals surface area contributed by atoms with Crippen LogP contribution in [0.3, 0.4) is 0 Å². The van der Waals surface area contributed by atoms with Crippen LogP contribution < -0.4 is 0 Å². The molecule has 0 fully saturated rings. The van der Waals surface area contributed by atoms with Crippen LogP contribution in [0.5, 0.6) is 0 Å². The van der Waals surface area contributed by atoms with Crippen LogP contribution >= 0.6 is 0 Å². The van der Waals surface area contributed by atoms with Gasteiger partial charge in [-0.2, -0.15) is 23.4 Å². The molecule has 2 aromatic carbocycles. The van der Waals surface area contributed by atoms with Gasteiger partial charge in [-0.05, 0) is 43.0 Å². The van der Waals surface area contributed by atoms with E-state index in [-0.39, 0.29) is 6.04 Å². The van der Waals surface area contributed by atoms with E-state index < -0.39 is 11.7 Å². The fraction of sp³-hybridized carbons (Fsp3) is 0.304. The van der Waals surface area contributed by atoms with E-state index >= 15 is 0 Å². The van der Waals surface area contributed by atoms with Crippen molar-refractivity contribution < 1.29 is 13.2 Å². The molecule has 4 nitrogen and oxygen atoms in total. The summed E-state index contributed by atoms with van der Waals surface area (Å²) in [6.07, 6.45) is 1.25. The Kier molecular flexibility index (Phi) is 5.13. The van der Waals surface area contributed by atoms with Crippen molar-refractivity contribution in [2.45, 2.75) is 45.8 Å². The van der Waals surface area contributed by atoms with Gasteiger partial charge in [0.05, 0.1) is 35.2 Å². The first-order chi connectivity index (χ1) is 14.3. The summed E-state index contributed by atoms with van der Waals surface area (Å²) in [5.74, 6) is 0. The van der Waals surface area contributed by atoms with Crippen LogP contribution in [0.15, 0.2) is 55.0 Å². The topological polar surface area (TPSA) is 35.6 Å². The highest BCUT2D eigenvalue weighted by molar-refractivity contribution is 5.78. The molecule has 30 heavy (non-hydrogen) atoms. The molecule has 0 aliphatic heterocycles. The Balaban J connectivity index is 1.78. The lowest BCUT2D eigenvalue weighted by Gasteiger charge is -2.21. The number of alkyl halides is 3. The van der Waals surface area contributed by atoms with Gasteiger partial charge in [-0.25, -0.2) is 4.68 Å². The number of hydrogen-bond donors (Lipinski definition) is 0. The predicted molar refractivity (Wildman–Crippen MR) is 111 cm³/mol. The zero-order valence-corrected chi connectivity index (χ0v) is 17.1. The van der Waals surface area contributed by atoms with Crippen molar-refractivity contribution >= 4 is 10.9 Å². The number of aromatic nitrogens is 4. The molecule has 2 aromatic heterocycles. The first-order valence-electron chi connectivity index (χ1n) is 9.95. The third-order valence-electron chi connectivity index (χ3n) is 5.40. The number of rotatable bonds is 5. The second kappa shape index (κ2) is 7.63. The number of halogens is 3. The van der Waals surface area contributed by atoms with Crippen LogP contribution in [-0.4, -0.2) is 19.6 Å². The largest absolute Gasteiger partial charge is 0.419 e. The van der Waals surface area contributed by atoms with Gasteiger partial charge in [-0.3, -0.25) is 4.68 Å². The molecule has 0 bridgehead atoms. The van der Waals surface area contributed by atoms with E-state index in [1.807, 2.05) is 55.1 Å². The van der Waals surface area contributed by atoms with Gasteiger partial charge < -0.3 is 0 Å². The minimum atomic E-state index is -4.41. The fourth-order valence-electron chi connectivity index (χ4n) is 4.08. The second-order valence-electron chi connectivity index (χ2n) is 7.63. The molecular formula is C23H23F3N4. The molecule has 2 heterocycles. The standard InChI is InChI=1S/C23H23F3N4/c1-4-7-20(30-21-9-6-5-8-17(21)12-28-30)18-10-15(2)22(16(3)11-18)29-14-19(13-27-29)23(24,25)26/h5-6,8-14,20H,4,7H2,1-3H3. The highest BCUT2D eigenvalue weighted by atomic mass is 19.4. The van der Waals surface area contributed by atoms with E-state index in [9.17, 15) is 13.2 Å². The summed E-state index contributed by atoms with van der Waals surface area (Å²) in [6, 6.07) is 12.2. The molecular weight excluding hydrogens is 389 g/mol. The minimum Gasteiger partial charge on any atom is -0.257 e. The quantitative estimate of drug-likeness (QED) is 0.389. The van der Waals surface area contributed by atoms with Crippen LogP contribution in [0.2, 0.25) is 0 Å². The number of para-hydroxylation sites is 1. The third-order valence-corrected chi connectivity index (χ3v) is 5.40. The molecule has 0 aliphatic rings. The molecule has 0 amide bonds. The summed E-state index contributed by atoms with van der Waals surface area (Å²) < 4.78 is 42.3. The highest BCUT2D eigenvalue weighted by Gasteiger charge is 2.32. The van der Waals surface area contributed by atoms with Crippen molar-refractivity contribution in [2.75, 3.05) is 0 Å². The summed E-state index contributed by atoms with van der Waals surface area (Å²) in [7, 11) is 0. The first-order valence-corrected chi connectivity index (χ1v) is 9.95. The van der Waals surface area contributed by atoms with Crippen LogP contribution in [0.1, 0.15) is 48.1 Å². The number of nitrogens with zero attached hydrogens (tertiary/aromatic N) is 4. The summed E-state index contributed by atoms with van der Waals surface area (Å²) in [4.78, 5) is 0. The van der Waals surface area contributed by atoms with E-state index in [0.717, 1.165) is 52.8 Å². The third kappa shape index (κ3) is 3.60. The molecule has 0 N–H and O–H groups in total. The van der Waals surface area contributed by atoms with Crippen molar-refractivity contribution in [1.29, 1.82) is 0 Å². The van der Waals surface area contributed by atoms with E-state index in [0.29, 0.717) is 5.69 Å². The molecule has 0 radical (unpaired) electrons. The Morgan fingerprint density at radius 2 is 1.70 bits per heavy atom. The molecule has 156 valence electrons. The first kappa shape index (κ1) is 20.2. The van der Waals surface area contributed by atoms with Crippen LogP contribution in [0.25, 0.3) is 16.6 Å². The Morgan fingerprint density at radius 1 is 1.00 bits per heavy atom. The average molecular weight is 412 g/mol. The van der Waals surface area contributed by atoms with Gasteiger partial charge in [0.25, 0.3) is 0 Å². The van der Waals surface area contributed by atoms with E-state index in [1.54, 1.807) is 0 Å². The lowest BCUT2D eigenvalue weighted by molar-refractivity contribution is -0.137. The van der Waals surface area contributed by atoms with Crippen LogP contribution in [-0.2, 0) is 6.18 Å². The Labute approximate surface area is 172 Å². The summed E-state index contributed by atoms with van der Waals surface area (Å²) in [5, 5.41) is 9.67. The number of aryl methyl sites for hydroxylation is 2. The zero-order chi connectivity index (χ0) is 21.5. The molecule has 1 atom stereocenters. The number of benzene rings is 2. The van der Waals surface area contributed by atoms with E-state index in [4.69, 9.17) is 0 Å².